The van der Waals surface area contributed by atoms with Gasteiger partial charge in [0.25, 0.3) is 11.8 Å². The Morgan fingerprint density at radius 3 is 2.62 bits per heavy atom. The van der Waals surface area contributed by atoms with Gasteiger partial charge < -0.3 is 25.8 Å². The van der Waals surface area contributed by atoms with E-state index in [1.54, 1.807) is 35.6 Å². The van der Waals surface area contributed by atoms with Crippen LogP contribution in [0.2, 0.25) is 0 Å². The molecule has 0 bridgehead atoms. The van der Waals surface area contributed by atoms with Gasteiger partial charge in [-0.15, -0.1) is 11.3 Å². The lowest BCUT2D eigenvalue weighted by Gasteiger charge is -2.18. The van der Waals surface area contributed by atoms with Crippen LogP contribution in [-0.4, -0.2) is 42.5 Å². The molecule has 2 amide bonds. The number of esters is 1. The number of benzene rings is 2. The van der Waals surface area contributed by atoms with Crippen LogP contribution in [0.15, 0.2) is 53.9 Å². The van der Waals surface area contributed by atoms with Crippen molar-refractivity contribution in [1.29, 1.82) is 0 Å². The number of ether oxygens (including phenoxy) is 2. The number of amides is 2. The summed E-state index contributed by atoms with van der Waals surface area (Å²) in [5.74, 6) is -0.858. The Morgan fingerprint density at radius 2 is 1.88 bits per heavy atom. The van der Waals surface area contributed by atoms with Crippen LogP contribution in [0.25, 0.3) is 21.6 Å². The van der Waals surface area contributed by atoms with Crippen molar-refractivity contribution >= 4 is 34.8 Å². The zero-order valence-electron chi connectivity index (χ0n) is 23.3. The van der Waals surface area contributed by atoms with Crippen LogP contribution in [0.1, 0.15) is 60.9 Å². The SMILES string of the molecule is COC(=O)c1nc(C(=O)NC2CC2)ccc1-c1cc2c(cc1C(=O)Nc1ccc(CN)cc1C)-c1sccc1CCO2. The second-order valence-corrected chi connectivity index (χ2v) is 11.3. The average Bonchev–Trinajstić information content (AvgIpc) is 3.74. The van der Waals surface area contributed by atoms with Gasteiger partial charge in [-0.2, -0.15) is 0 Å². The van der Waals surface area contributed by atoms with Gasteiger partial charge in [0.1, 0.15) is 11.4 Å². The highest BCUT2D eigenvalue weighted by Crippen LogP contribution is 2.43. The van der Waals surface area contributed by atoms with E-state index in [1.807, 2.05) is 30.5 Å². The Bertz CT molecular complexity index is 1730. The van der Waals surface area contributed by atoms with Crippen LogP contribution < -0.4 is 21.1 Å². The van der Waals surface area contributed by atoms with Crippen molar-refractivity contribution in [1.82, 2.24) is 10.3 Å². The molecule has 2 aliphatic rings. The van der Waals surface area contributed by atoms with Gasteiger partial charge in [-0.3, -0.25) is 9.59 Å². The molecule has 4 aromatic rings. The average molecular weight is 583 g/mol. The predicted molar refractivity (Wildman–Crippen MR) is 161 cm³/mol. The molecule has 1 saturated carbocycles. The van der Waals surface area contributed by atoms with Gasteiger partial charge in [-0.25, -0.2) is 9.78 Å². The van der Waals surface area contributed by atoms with Crippen LogP contribution in [0, 0.1) is 6.92 Å². The van der Waals surface area contributed by atoms with Crippen molar-refractivity contribution in [3.8, 4) is 27.3 Å². The fourth-order valence-electron chi connectivity index (χ4n) is 5.05. The van der Waals surface area contributed by atoms with Gasteiger partial charge in [-0.1, -0.05) is 12.1 Å². The minimum atomic E-state index is -0.720. The topological polar surface area (TPSA) is 133 Å². The molecule has 1 aliphatic heterocycles. The van der Waals surface area contributed by atoms with Crippen LogP contribution in [-0.2, 0) is 17.7 Å². The number of carbonyl (C=O) groups excluding carboxylic acids is 3. The molecule has 6 rings (SSSR count). The van der Waals surface area contributed by atoms with Gasteiger partial charge in [0, 0.05) is 51.8 Å². The molecular weight excluding hydrogens is 552 g/mol. The number of aromatic nitrogens is 1. The summed E-state index contributed by atoms with van der Waals surface area (Å²) in [5.41, 5.74) is 11.4. The molecule has 1 aliphatic carbocycles. The molecule has 3 heterocycles. The fraction of sp³-hybridized carbons (Fsp3) is 0.250. The number of anilines is 1. The monoisotopic (exact) mass is 582 g/mol. The summed E-state index contributed by atoms with van der Waals surface area (Å²) in [6.07, 6.45) is 2.57. The van der Waals surface area contributed by atoms with E-state index in [2.05, 4.69) is 21.7 Å². The second-order valence-electron chi connectivity index (χ2n) is 10.4. The Kier molecular flexibility index (Phi) is 7.49. The maximum absolute atomic E-state index is 14.0. The number of fused-ring (bicyclic) bond motifs is 3. The van der Waals surface area contributed by atoms with Crippen molar-refractivity contribution < 1.29 is 23.9 Å². The number of hydrogen-bond acceptors (Lipinski definition) is 8. The lowest BCUT2D eigenvalue weighted by Crippen LogP contribution is -2.27. The molecule has 214 valence electrons. The lowest BCUT2D eigenvalue weighted by atomic mass is 9.93. The summed E-state index contributed by atoms with van der Waals surface area (Å²) in [4.78, 5) is 45.2. The van der Waals surface area contributed by atoms with Crippen LogP contribution >= 0.6 is 11.3 Å². The summed E-state index contributed by atoms with van der Waals surface area (Å²) >= 11 is 1.59. The zero-order valence-corrected chi connectivity index (χ0v) is 24.1. The summed E-state index contributed by atoms with van der Waals surface area (Å²) in [6, 6.07) is 14.6. The molecule has 42 heavy (non-hydrogen) atoms. The molecule has 1 fully saturated rings. The normalized spacial score (nSPS) is 13.7. The smallest absolute Gasteiger partial charge is 0.357 e. The van der Waals surface area contributed by atoms with Gasteiger partial charge >= 0.3 is 5.97 Å². The third-order valence-electron chi connectivity index (χ3n) is 7.47. The first-order valence-corrected chi connectivity index (χ1v) is 14.6. The number of nitrogens with zero attached hydrogens (tertiary/aromatic N) is 1. The lowest BCUT2D eigenvalue weighted by molar-refractivity contribution is 0.0594. The van der Waals surface area contributed by atoms with Crippen molar-refractivity contribution in [3.63, 3.8) is 0 Å². The second kappa shape index (κ2) is 11.4. The first-order valence-electron chi connectivity index (χ1n) is 13.8. The van der Waals surface area contributed by atoms with E-state index in [1.165, 1.54) is 7.11 Å². The fourth-order valence-corrected chi connectivity index (χ4v) is 6.03. The Morgan fingerprint density at radius 1 is 1.05 bits per heavy atom. The van der Waals surface area contributed by atoms with Crippen molar-refractivity contribution in [2.24, 2.45) is 5.73 Å². The Labute approximate surface area is 247 Å². The highest BCUT2D eigenvalue weighted by atomic mass is 32.1. The molecule has 4 N–H and O–H groups in total. The maximum atomic E-state index is 14.0. The van der Waals surface area contributed by atoms with Crippen molar-refractivity contribution in [2.45, 2.75) is 38.8 Å². The number of hydrogen-bond donors (Lipinski definition) is 3. The molecule has 9 nitrogen and oxygen atoms in total. The van der Waals surface area contributed by atoms with E-state index < -0.39 is 5.97 Å². The summed E-state index contributed by atoms with van der Waals surface area (Å²) in [7, 11) is 1.25. The summed E-state index contributed by atoms with van der Waals surface area (Å²) in [5, 5.41) is 7.95. The quantitative estimate of drug-likeness (QED) is 0.258. The molecule has 10 heteroatoms. The van der Waals surface area contributed by atoms with Gasteiger partial charge in [0.05, 0.1) is 13.7 Å². The van der Waals surface area contributed by atoms with E-state index in [-0.39, 0.29) is 29.2 Å². The minimum Gasteiger partial charge on any atom is -0.493 e. The van der Waals surface area contributed by atoms with Gasteiger partial charge in [-0.05, 0) is 78.2 Å². The van der Waals surface area contributed by atoms with Crippen LogP contribution in [0.4, 0.5) is 5.69 Å². The molecule has 0 unspecified atom stereocenters. The van der Waals surface area contributed by atoms with Crippen LogP contribution in [0.5, 0.6) is 5.75 Å². The molecule has 2 aromatic heterocycles. The number of thiophene rings is 1. The molecule has 0 saturated heterocycles. The molecule has 0 atom stereocenters. The standard InChI is InChI=1S/C32H30N4O5S/c1-17-13-18(16-33)3-7-25(17)36-30(37)23-14-24-27(41-11-9-19-10-12-42-29(19)24)15-22(23)21-6-8-26(31(38)34-20-4-5-20)35-28(21)32(39)40-2/h3,6-8,10,12-15,20H,4-5,9,11,16,33H2,1-2H3,(H,34,38)(H,36,37). The number of carbonyl (C=O) groups is 3. The number of pyridine rings is 1. The molecule has 0 spiro atoms. The number of nitrogens with one attached hydrogen (secondary N) is 2. The van der Waals surface area contributed by atoms with E-state index in [0.29, 0.717) is 41.3 Å². The largest absolute Gasteiger partial charge is 0.493 e. The van der Waals surface area contributed by atoms with E-state index in [9.17, 15) is 14.4 Å². The first kappa shape index (κ1) is 27.6. The number of nitrogens with two attached hydrogens (primary N) is 1. The highest BCUT2D eigenvalue weighted by molar-refractivity contribution is 7.13. The van der Waals surface area contributed by atoms with Crippen LogP contribution in [0.3, 0.4) is 0 Å². The van der Waals surface area contributed by atoms with E-state index in [0.717, 1.165) is 46.4 Å². The van der Waals surface area contributed by atoms with E-state index in [4.69, 9.17) is 15.2 Å². The molecular formula is C32H30N4O5S. The van der Waals surface area contributed by atoms with Gasteiger partial charge in [0.2, 0.25) is 0 Å². The Hall–Kier alpha value is -4.54. The molecule has 2 aromatic carbocycles. The summed E-state index contributed by atoms with van der Waals surface area (Å²) in [6.45, 7) is 2.77. The van der Waals surface area contributed by atoms with E-state index >= 15 is 0 Å². The van der Waals surface area contributed by atoms with Gasteiger partial charge in [0.15, 0.2) is 5.69 Å². The van der Waals surface area contributed by atoms with Crippen molar-refractivity contribution in [2.75, 3.05) is 19.0 Å². The maximum Gasteiger partial charge on any atom is 0.357 e. The third kappa shape index (κ3) is 5.38. The molecule has 0 radical (unpaired) electrons. The summed E-state index contributed by atoms with van der Waals surface area (Å²) < 4.78 is 11.2. The minimum absolute atomic E-state index is 0.0659. The Balaban J connectivity index is 1.50. The third-order valence-corrected chi connectivity index (χ3v) is 8.46. The number of methoxy groups -OCH3 is 1. The first-order chi connectivity index (χ1) is 20.4. The highest BCUT2D eigenvalue weighted by Gasteiger charge is 2.28. The number of aryl methyl sites for hydroxylation is 1. The number of rotatable bonds is 7. The van der Waals surface area contributed by atoms with Crippen molar-refractivity contribution in [3.05, 3.63) is 87.6 Å². The zero-order chi connectivity index (χ0) is 29.4. The predicted octanol–water partition coefficient (Wildman–Crippen LogP) is 5.11.